The Morgan fingerprint density at radius 2 is 2.17 bits per heavy atom. The molecule has 1 fully saturated rings. The number of nitrogens with zero attached hydrogens (tertiary/aromatic N) is 6. The van der Waals surface area contributed by atoms with E-state index >= 15 is 0 Å². The van der Waals surface area contributed by atoms with Crippen molar-refractivity contribution in [3.8, 4) is 5.88 Å². The molecule has 0 aromatic carbocycles. The normalized spacial score (nSPS) is 19.6. The van der Waals surface area contributed by atoms with Gasteiger partial charge in [0.15, 0.2) is 10.9 Å². The highest BCUT2D eigenvalue weighted by atomic mass is 32.2. The zero-order valence-corrected chi connectivity index (χ0v) is 20.2. The van der Waals surface area contributed by atoms with Crippen molar-refractivity contribution in [3.05, 3.63) is 33.6 Å². The quantitative estimate of drug-likeness (QED) is 0.128. The summed E-state index contributed by atoms with van der Waals surface area (Å²) in [6.45, 7) is 0. The Bertz CT molecular complexity index is 1370. The second kappa shape index (κ2) is 9.90. The van der Waals surface area contributed by atoms with E-state index in [0.717, 1.165) is 22.9 Å². The minimum absolute atomic E-state index is 0.0102. The fourth-order valence-corrected chi connectivity index (χ4v) is 5.80. The van der Waals surface area contributed by atoms with Crippen molar-refractivity contribution in [3.63, 3.8) is 0 Å². The lowest BCUT2D eigenvalue weighted by molar-refractivity contribution is -0.150. The van der Waals surface area contributed by atoms with Crippen LogP contribution >= 0.6 is 23.5 Å². The Hall–Kier alpha value is -4.06. The molecule has 2 aromatic rings. The van der Waals surface area contributed by atoms with Gasteiger partial charge in [0.05, 0.1) is 0 Å². The second-order valence-corrected chi connectivity index (χ2v) is 9.29. The van der Waals surface area contributed by atoms with Crippen LogP contribution in [-0.2, 0) is 26.3 Å². The van der Waals surface area contributed by atoms with E-state index in [1.54, 1.807) is 0 Å². The summed E-state index contributed by atoms with van der Waals surface area (Å²) in [6.07, 6.45) is 1.10. The van der Waals surface area contributed by atoms with Crippen molar-refractivity contribution in [2.75, 3.05) is 24.3 Å². The number of carbonyl (C=O) groups excluding carboxylic acids is 2. The van der Waals surface area contributed by atoms with E-state index in [9.17, 15) is 29.4 Å². The van der Waals surface area contributed by atoms with Crippen LogP contribution in [0.2, 0.25) is 0 Å². The number of carbonyl (C=O) groups is 3. The van der Waals surface area contributed by atoms with Crippen molar-refractivity contribution in [1.82, 2.24) is 30.0 Å². The summed E-state index contributed by atoms with van der Waals surface area (Å²) in [4.78, 5) is 62.6. The van der Waals surface area contributed by atoms with Gasteiger partial charge in [-0.3, -0.25) is 19.3 Å². The van der Waals surface area contributed by atoms with E-state index in [1.807, 2.05) is 0 Å². The highest BCUT2D eigenvalue weighted by Crippen LogP contribution is 2.41. The molecule has 2 aliphatic rings. The maximum absolute atomic E-state index is 12.9. The maximum Gasteiger partial charge on any atom is 0.352 e. The molecule has 2 aromatic heterocycles. The van der Waals surface area contributed by atoms with Crippen LogP contribution in [0.4, 0.5) is 6.01 Å². The predicted molar refractivity (Wildman–Crippen MR) is 124 cm³/mol. The first kappa shape index (κ1) is 25.0. The number of oxazole rings is 1. The van der Waals surface area contributed by atoms with E-state index in [-0.39, 0.29) is 39.8 Å². The third-order valence-corrected chi connectivity index (χ3v) is 7.43. The molecule has 2 atom stereocenters. The zero-order chi connectivity index (χ0) is 26.1. The number of oxime groups is 1. The molecule has 18 heteroatoms. The molecule has 0 radical (unpaired) electrons. The average molecular weight is 539 g/mol. The van der Waals surface area contributed by atoms with Crippen molar-refractivity contribution in [1.29, 1.82) is 0 Å². The lowest BCUT2D eigenvalue weighted by atomic mass is 10.0. The first-order valence-corrected chi connectivity index (χ1v) is 12.0. The summed E-state index contributed by atoms with van der Waals surface area (Å²) in [5, 5.41) is 28.4. The molecular weight excluding hydrogens is 520 g/mol. The number of carboxylic acids is 1. The smallest absolute Gasteiger partial charge is 0.352 e. The summed E-state index contributed by atoms with van der Waals surface area (Å²) in [5.74, 6) is -3.18. The number of nitrogen functional groups attached to an aromatic ring is 1. The number of β-lactam (4-membered cyclic amide) rings is 1. The van der Waals surface area contributed by atoms with E-state index in [0.29, 0.717) is 5.57 Å². The molecule has 36 heavy (non-hydrogen) atoms. The van der Waals surface area contributed by atoms with E-state index < -0.39 is 40.6 Å². The van der Waals surface area contributed by atoms with Crippen LogP contribution < -0.4 is 16.6 Å². The molecule has 1 saturated heterocycles. The Balaban J connectivity index is 1.51. The Labute approximate surface area is 209 Å². The highest BCUT2D eigenvalue weighted by molar-refractivity contribution is 8.01. The molecular formula is C18H18N8O8S2. The number of nitrogens with one attached hydrogen (secondary N) is 1. The summed E-state index contributed by atoms with van der Waals surface area (Å²) < 4.78 is 6.06. The number of amides is 2. The Morgan fingerprint density at radius 1 is 1.42 bits per heavy atom. The molecule has 2 amide bonds. The number of aryl methyl sites for hydroxylation is 1. The van der Waals surface area contributed by atoms with Crippen LogP contribution in [0.3, 0.4) is 0 Å². The summed E-state index contributed by atoms with van der Waals surface area (Å²) in [7, 11) is 2.68. The Morgan fingerprint density at radius 3 is 2.81 bits per heavy atom. The second-order valence-electron chi connectivity index (χ2n) is 7.25. The third kappa shape index (κ3) is 4.59. The van der Waals surface area contributed by atoms with Crippen LogP contribution in [0.5, 0.6) is 5.88 Å². The molecule has 0 bridgehead atoms. The van der Waals surface area contributed by atoms with Crippen LogP contribution in [-0.4, -0.2) is 88.4 Å². The van der Waals surface area contributed by atoms with Crippen LogP contribution in [0.1, 0.15) is 5.69 Å². The first-order chi connectivity index (χ1) is 17.1. The number of aliphatic carboxylic acids is 1. The highest BCUT2D eigenvalue weighted by Gasteiger charge is 2.54. The standard InChI is InChI=1S/C18H18N8O8S2/c1-25-18(22-12(28)13(29)23-25)36-5-6-4-35-15-9(14(30)26(15)10(6)16(31)32)21-11(27)8(24-33-2)7-3-34-17(19)20-7/h3,9,15H,4-5H2,1-2H3,(H2,19,20)(H,21,27)(H,23,29)(H,31,32)/b24-8-/t9-,15+/m1/s1. The number of thioether (sulfide) groups is 2. The van der Waals surface area contributed by atoms with Gasteiger partial charge in [0.25, 0.3) is 23.7 Å². The molecule has 4 heterocycles. The van der Waals surface area contributed by atoms with Gasteiger partial charge < -0.3 is 30.5 Å². The van der Waals surface area contributed by atoms with Gasteiger partial charge in [-0.15, -0.1) is 16.9 Å². The van der Waals surface area contributed by atoms with Gasteiger partial charge in [0.2, 0.25) is 0 Å². The lowest BCUT2D eigenvalue weighted by Crippen LogP contribution is -2.71. The summed E-state index contributed by atoms with van der Waals surface area (Å²) >= 11 is 2.28. The van der Waals surface area contributed by atoms with Crippen molar-refractivity contribution in [2.24, 2.45) is 12.2 Å². The van der Waals surface area contributed by atoms with Crippen molar-refractivity contribution in [2.45, 2.75) is 16.6 Å². The topological polar surface area (TPSA) is 228 Å². The number of fused-ring (bicyclic) bond motifs is 1. The minimum atomic E-state index is -1.32. The summed E-state index contributed by atoms with van der Waals surface area (Å²) in [6, 6.07) is -1.23. The minimum Gasteiger partial charge on any atom is -0.488 e. The molecule has 190 valence electrons. The zero-order valence-electron chi connectivity index (χ0n) is 18.6. The number of aromatic hydroxyl groups is 1. The van der Waals surface area contributed by atoms with Crippen molar-refractivity contribution >= 4 is 53.0 Å². The van der Waals surface area contributed by atoms with Gasteiger partial charge in [-0.25, -0.2) is 9.48 Å². The SMILES string of the molecule is CO/N=C(\C(=O)N[C@@H]1C(=O)N2C(C(=O)O)=C(CSc3nc(=O)c(O)nn3C)CS[C@@H]12)c1coc(N)n1. The van der Waals surface area contributed by atoms with Gasteiger partial charge in [-0.2, -0.15) is 9.97 Å². The van der Waals surface area contributed by atoms with Crippen LogP contribution in [0.15, 0.2) is 37.1 Å². The number of rotatable bonds is 8. The number of hydrogen-bond acceptors (Lipinski definition) is 14. The third-order valence-electron chi connectivity index (χ3n) is 4.98. The summed E-state index contributed by atoms with van der Waals surface area (Å²) in [5.41, 5.74) is 4.43. The molecule has 2 aliphatic heterocycles. The van der Waals surface area contributed by atoms with Gasteiger partial charge in [-0.1, -0.05) is 16.9 Å². The fourth-order valence-electron chi connectivity index (χ4n) is 3.41. The molecule has 16 nitrogen and oxygen atoms in total. The number of anilines is 1. The van der Waals surface area contributed by atoms with Gasteiger partial charge in [0, 0.05) is 18.6 Å². The van der Waals surface area contributed by atoms with E-state index in [4.69, 9.17) is 10.2 Å². The number of hydrogen-bond donors (Lipinski definition) is 4. The molecule has 0 unspecified atom stereocenters. The molecule has 4 rings (SSSR count). The first-order valence-electron chi connectivity index (χ1n) is 9.92. The predicted octanol–water partition coefficient (Wildman–Crippen LogP) is -1.67. The number of aromatic nitrogens is 4. The molecule has 0 aliphatic carbocycles. The lowest BCUT2D eigenvalue weighted by Gasteiger charge is -2.49. The number of nitrogens with two attached hydrogens (primary N) is 1. The molecule has 0 spiro atoms. The molecule has 5 N–H and O–H groups in total. The largest absolute Gasteiger partial charge is 0.488 e. The van der Waals surface area contributed by atoms with Crippen LogP contribution in [0.25, 0.3) is 0 Å². The fraction of sp³-hybridized carbons (Fsp3) is 0.333. The monoisotopic (exact) mass is 538 g/mol. The molecule has 0 saturated carbocycles. The van der Waals surface area contributed by atoms with Gasteiger partial charge in [0.1, 0.15) is 36.2 Å². The van der Waals surface area contributed by atoms with Crippen molar-refractivity contribution < 1.29 is 33.9 Å². The van der Waals surface area contributed by atoms with Crippen LogP contribution in [0, 0.1) is 0 Å². The van der Waals surface area contributed by atoms with E-state index in [2.05, 4.69) is 30.4 Å². The maximum atomic E-state index is 12.9. The van der Waals surface area contributed by atoms with E-state index in [1.165, 1.54) is 30.6 Å². The van der Waals surface area contributed by atoms with Gasteiger partial charge >= 0.3 is 11.5 Å². The average Bonchev–Trinajstić information content (AvgIpc) is 3.27. The van der Waals surface area contributed by atoms with Gasteiger partial charge in [-0.05, 0) is 5.57 Å². The Kier molecular flexibility index (Phi) is 6.88. The number of carboxylic acid groups (broad SMARTS) is 1.